The third-order valence-corrected chi connectivity index (χ3v) is 4.03. The molecule has 1 saturated heterocycles. The molecule has 2 aromatic rings. The SMILES string of the molecule is O=C(CCOc1cccc(F)c1)N1CCC[C@H](n2cccn2)C1. The van der Waals surface area contributed by atoms with E-state index in [1.165, 1.54) is 12.1 Å². The van der Waals surface area contributed by atoms with Gasteiger partial charge in [0.05, 0.1) is 19.1 Å². The minimum atomic E-state index is -0.341. The van der Waals surface area contributed by atoms with Crippen molar-refractivity contribution in [2.45, 2.75) is 25.3 Å². The van der Waals surface area contributed by atoms with Gasteiger partial charge < -0.3 is 9.64 Å². The molecule has 0 radical (unpaired) electrons. The zero-order chi connectivity index (χ0) is 16.1. The van der Waals surface area contributed by atoms with Crippen LogP contribution in [0.25, 0.3) is 0 Å². The molecule has 122 valence electrons. The molecule has 6 heteroatoms. The summed E-state index contributed by atoms with van der Waals surface area (Å²) in [7, 11) is 0. The third kappa shape index (κ3) is 4.09. The van der Waals surface area contributed by atoms with Gasteiger partial charge in [-0.2, -0.15) is 5.10 Å². The van der Waals surface area contributed by atoms with E-state index in [2.05, 4.69) is 5.10 Å². The number of nitrogens with zero attached hydrogens (tertiary/aromatic N) is 3. The van der Waals surface area contributed by atoms with Crippen LogP contribution in [0.3, 0.4) is 0 Å². The molecule has 0 N–H and O–H groups in total. The Balaban J connectivity index is 1.48. The summed E-state index contributed by atoms with van der Waals surface area (Å²) < 4.78 is 20.4. The molecule has 1 aliphatic rings. The lowest BCUT2D eigenvalue weighted by Crippen LogP contribution is -2.41. The lowest BCUT2D eigenvalue weighted by Gasteiger charge is -2.33. The highest BCUT2D eigenvalue weighted by Crippen LogP contribution is 2.21. The molecule has 0 unspecified atom stereocenters. The Morgan fingerprint density at radius 1 is 1.39 bits per heavy atom. The Hall–Kier alpha value is -2.37. The maximum Gasteiger partial charge on any atom is 0.226 e. The van der Waals surface area contributed by atoms with E-state index in [0.29, 0.717) is 18.7 Å². The quantitative estimate of drug-likeness (QED) is 0.852. The van der Waals surface area contributed by atoms with Gasteiger partial charge in [-0.15, -0.1) is 0 Å². The average Bonchev–Trinajstić information content (AvgIpc) is 3.09. The highest BCUT2D eigenvalue weighted by Gasteiger charge is 2.24. The molecular formula is C17H20FN3O2. The van der Waals surface area contributed by atoms with Crippen molar-refractivity contribution in [3.8, 4) is 5.75 Å². The summed E-state index contributed by atoms with van der Waals surface area (Å²) in [6.45, 7) is 1.71. The van der Waals surface area contributed by atoms with Crippen molar-refractivity contribution in [1.82, 2.24) is 14.7 Å². The van der Waals surface area contributed by atoms with Crippen LogP contribution in [0.2, 0.25) is 0 Å². The lowest BCUT2D eigenvalue weighted by atomic mass is 10.1. The first-order valence-corrected chi connectivity index (χ1v) is 7.87. The molecule has 5 nitrogen and oxygen atoms in total. The van der Waals surface area contributed by atoms with Crippen molar-refractivity contribution in [3.05, 3.63) is 48.5 Å². The van der Waals surface area contributed by atoms with E-state index in [1.54, 1.807) is 18.3 Å². The monoisotopic (exact) mass is 317 g/mol. The molecule has 1 aromatic heterocycles. The van der Waals surface area contributed by atoms with E-state index in [4.69, 9.17) is 4.74 Å². The number of halogens is 1. The Labute approximate surface area is 134 Å². The molecule has 0 saturated carbocycles. The van der Waals surface area contributed by atoms with Crippen LogP contribution in [0.15, 0.2) is 42.7 Å². The highest BCUT2D eigenvalue weighted by atomic mass is 19.1. The fraction of sp³-hybridized carbons (Fsp3) is 0.412. The van der Waals surface area contributed by atoms with E-state index < -0.39 is 0 Å². The number of benzene rings is 1. The first-order chi connectivity index (χ1) is 11.2. The van der Waals surface area contributed by atoms with Gasteiger partial charge >= 0.3 is 0 Å². The van der Waals surface area contributed by atoms with E-state index in [-0.39, 0.29) is 24.4 Å². The van der Waals surface area contributed by atoms with E-state index in [9.17, 15) is 9.18 Å². The number of aromatic nitrogens is 2. The van der Waals surface area contributed by atoms with Crippen LogP contribution in [-0.4, -0.2) is 40.3 Å². The number of hydrogen-bond acceptors (Lipinski definition) is 3. The molecular weight excluding hydrogens is 297 g/mol. The van der Waals surface area contributed by atoms with Gasteiger partial charge in [0.1, 0.15) is 11.6 Å². The number of piperidine rings is 1. The van der Waals surface area contributed by atoms with Crippen LogP contribution in [-0.2, 0) is 4.79 Å². The third-order valence-electron chi connectivity index (χ3n) is 4.03. The lowest BCUT2D eigenvalue weighted by molar-refractivity contribution is -0.133. The standard InChI is InChI=1S/C17H20FN3O2/c18-14-4-1-6-16(12-14)23-11-7-17(22)20-9-2-5-15(13-20)21-10-3-8-19-21/h1,3-4,6,8,10,12,15H,2,5,7,9,11,13H2/t15-/m0/s1. The van der Waals surface area contributed by atoms with Gasteiger partial charge in [-0.1, -0.05) is 6.07 Å². The molecule has 1 aliphatic heterocycles. The molecule has 3 rings (SSSR count). The highest BCUT2D eigenvalue weighted by molar-refractivity contribution is 5.76. The van der Waals surface area contributed by atoms with Crippen LogP contribution >= 0.6 is 0 Å². The Morgan fingerprint density at radius 2 is 2.30 bits per heavy atom. The van der Waals surface area contributed by atoms with Gasteiger partial charge in [-0.25, -0.2) is 4.39 Å². The maximum absolute atomic E-state index is 13.1. The zero-order valence-corrected chi connectivity index (χ0v) is 12.9. The smallest absolute Gasteiger partial charge is 0.226 e. The van der Waals surface area contributed by atoms with Gasteiger partial charge in [0, 0.05) is 31.5 Å². The first kappa shape index (κ1) is 15.5. The van der Waals surface area contributed by atoms with Gasteiger partial charge in [-0.05, 0) is 31.0 Å². The summed E-state index contributed by atoms with van der Waals surface area (Å²) in [5, 5.41) is 4.26. The predicted molar refractivity (Wildman–Crippen MR) is 83.6 cm³/mol. The molecule has 23 heavy (non-hydrogen) atoms. The largest absolute Gasteiger partial charge is 0.493 e. The number of carbonyl (C=O) groups is 1. The molecule has 0 aliphatic carbocycles. The van der Waals surface area contributed by atoms with Gasteiger partial charge in [0.2, 0.25) is 5.91 Å². The zero-order valence-electron chi connectivity index (χ0n) is 12.9. The fourth-order valence-electron chi connectivity index (χ4n) is 2.86. The number of likely N-dealkylation sites (tertiary alicyclic amines) is 1. The second-order valence-electron chi connectivity index (χ2n) is 5.68. The molecule has 2 heterocycles. The average molecular weight is 317 g/mol. The van der Waals surface area contributed by atoms with Gasteiger partial charge in [0.25, 0.3) is 0 Å². The fourth-order valence-corrected chi connectivity index (χ4v) is 2.86. The summed E-state index contributed by atoms with van der Waals surface area (Å²) in [5.41, 5.74) is 0. The summed E-state index contributed by atoms with van der Waals surface area (Å²) in [6, 6.07) is 8.09. The van der Waals surface area contributed by atoms with Crippen molar-refractivity contribution in [1.29, 1.82) is 0 Å². The van der Waals surface area contributed by atoms with E-state index in [1.807, 2.05) is 21.8 Å². The molecule has 1 amide bonds. The topological polar surface area (TPSA) is 47.4 Å². The van der Waals surface area contributed by atoms with Crippen LogP contribution in [0.4, 0.5) is 4.39 Å². The Morgan fingerprint density at radius 3 is 3.09 bits per heavy atom. The van der Waals surface area contributed by atoms with Crippen LogP contribution in [0.1, 0.15) is 25.3 Å². The number of ether oxygens (including phenoxy) is 1. The predicted octanol–water partition coefficient (Wildman–Crippen LogP) is 2.65. The van der Waals surface area contributed by atoms with Gasteiger partial charge in [-0.3, -0.25) is 9.48 Å². The molecule has 1 atom stereocenters. The Kier molecular flexibility index (Phi) is 4.90. The van der Waals surface area contributed by atoms with E-state index >= 15 is 0 Å². The van der Waals surface area contributed by atoms with E-state index in [0.717, 1.165) is 19.4 Å². The van der Waals surface area contributed by atoms with Crippen molar-refractivity contribution in [2.24, 2.45) is 0 Å². The summed E-state index contributed by atoms with van der Waals surface area (Å²) >= 11 is 0. The van der Waals surface area contributed by atoms with Crippen molar-refractivity contribution >= 4 is 5.91 Å². The normalized spacial score (nSPS) is 18.0. The maximum atomic E-state index is 13.1. The molecule has 1 fully saturated rings. The molecule has 1 aromatic carbocycles. The van der Waals surface area contributed by atoms with Gasteiger partial charge in [0.15, 0.2) is 0 Å². The summed E-state index contributed by atoms with van der Waals surface area (Å²) in [6.07, 6.45) is 5.99. The second-order valence-corrected chi connectivity index (χ2v) is 5.68. The first-order valence-electron chi connectivity index (χ1n) is 7.87. The van der Waals surface area contributed by atoms with Crippen molar-refractivity contribution < 1.29 is 13.9 Å². The van der Waals surface area contributed by atoms with Crippen molar-refractivity contribution in [3.63, 3.8) is 0 Å². The number of rotatable bonds is 5. The minimum Gasteiger partial charge on any atom is -0.493 e. The molecule has 0 bridgehead atoms. The summed E-state index contributed by atoms with van der Waals surface area (Å²) in [4.78, 5) is 14.2. The Bertz CT molecular complexity index is 645. The summed E-state index contributed by atoms with van der Waals surface area (Å²) in [5.74, 6) is 0.177. The van der Waals surface area contributed by atoms with Crippen LogP contribution < -0.4 is 4.74 Å². The minimum absolute atomic E-state index is 0.0678. The number of amides is 1. The second kappa shape index (κ2) is 7.26. The number of carbonyl (C=O) groups excluding carboxylic acids is 1. The number of hydrogen-bond donors (Lipinski definition) is 0. The molecule has 0 spiro atoms. The van der Waals surface area contributed by atoms with Crippen molar-refractivity contribution in [2.75, 3.05) is 19.7 Å². The van der Waals surface area contributed by atoms with Crippen LogP contribution in [0.5, 0.6) is 5.75 Å². The van der Waals surface area contributed by atoms with Crippen LogP contribution in [0, 0.1) is 5.82 Å².